The lowest BCUT2D eigenvalue weighted by Crippen LogP contribution is -2.38. The molecular weight excluding hydrogens is 218 g/mol. The first-order valence-electron chi connectivity index (χ1n) is 5.85. The molecule has 0 unspecified atom stereocenters. The molecule has 1 fully saturated rings. The van der Waals surface area contributed by atoms with Crippen LogP contribution < -0.4 is 5.73 Å². The Balaban J connectivity index is 2.30. The smallest absolute Gasteiger partial charge is 0.226 e. The maximum absolute atomic E-state index is 11.8. The molecule has 1 aliphatic heterocycles. The molecule has 1 rings (SSSR count). The molecule has 2 amide bonds. The van der Waals surface area contributed by atoms with Crippen molar-refractivity contribution < 1.29 is 9.59 Å². The van der Waals surface area contributed by atoms with Crippen molar-refractivity contribution in [2.75, 3.05) is 13.1 Å². The third kappa shape index (κ3) is 4.06. The number of carbonyl (C=O) groups excluding carboxylic acids is 2. The van der Waals surface area contributed by atoms with Crippen molar-refractivity contribution in [1.29, 1.82) is 5.26 Å². The number of likely N-dealkylation sites (tertiary alicyclic amines) is 1. The summed E-state index contributed by atoms with van der Waals surface area (Å²) in [5, 5.41) is 8.74. The lowest BCUT2D eigenvalue weighted by molar-refractivity contribution is -0.129. The molecule has 0 aromatic carbocycles. The molecule has 1 radical (unpaired) electrons. The Morgan fingerprint density at radius 1 is 1.53 bits per heavy atom. The van der Waals surface area contributed by atoms with Gasteiger partial charge in [-0.05, 0) is 19.3 Å². The third-order valence-corrected chi connectivity index (χ3v) is 3.12. The van der Waals surface area contributed by atoms with Gasteiger partial charge in [0.25, 0.3) is 0 Å². The number of nitrogens with zero attached hydrogens (tertiary/aromatic N) is 2. The normalized spacial score (nSPS) is 18.5. The fraction of sp³-hybridized carbons (Fsp3) is 0.667. The van der Waals surface area contributed by atoms with Gasteiger partial charge in [-0.15, -0.1) is 0 Å². The molecule has 0 spiro atoms. The minimum atomic E-state index is -0.391. The molecule has 2 N–H and O–H groups in total. The summed E-state index contributed by atoms with van der Waals surface area (Å²) in [5.41, 5.74) is 5.12. The summed E-state index contributed by atoms with van der Waals surface area (Å²) in [6.07, 6.45) is 3.37. The van der Waals surface area contributed by atoms with Crippen molar-refractivity contribution in [1.82, 2.24) is 4.90 Å². The molecule has 5 nitrogen and oxygen atoms in total. The fourth-order valence-corrected chi connectivity index (χ4v) is 1.75. The number of nitriles is 1. The van der Waals surface area contributed by atoms with Crippen LogP contribution in [-0.2, 0) is 9.59 Å². The van der Waals surface area contributed by atoms with Crippen LogP contribution >= 0.6 is 0 Å². The van der Waals surface area contributed by atoms with E-state index in [0.29, 0.717) is 19.5 Å². The number of carbonyl (C=O) groups is 2. The molecule has 0 bridgehead atoms. The average Bonchev–Trinajstić information content (AvgIpc) is 2.35. The van der Waals surface area contributed by atoms with Gasteiger partial charge in [-0.2, -0.15) is 5.26 Å². The van der Waals surface area contributed by atoms with Crippen molar-refractivity contribution in [2.24, 2.45) is 17.6 Å². The Hall–Kier alpha value is -1.57. The van der Waals surface area contributed by atoms with Crippen molar-refractivity contribution >= 4 is 11.8 Å². The van der Waals surface area contributed by atoms with Crippen LogP contribution in [0.5, 0.6) is 0 Å². The maximum Gasteiger partial charge on any atom is 0.226 e. The van der Waals surface area contributed by atoms with E-state index in [2.05, 4.69) is 6.07 Å². The van der Waals surface area contributed by atoms with Crippen molar-refractivity contribution in [2.45, 2.75) is 26.2 Å². The molecule has 1 heterocycles. The zero-order chi connectivity index (χ0) is 12.8. The predicted molar refractivity (Wildman–Crippen MR) is 62.2 cm³/mol. The molecule has 0 aliphatic carbocycles. The Bertz CT molecular complexity index is 327. The molecule has 0 aromatic heterocycles. The van der Waals surface area contributed by atoms with Crippen LogP contribution in [0.4, 0.5) is 0 Å². The number of primary amides is 1. The van der Waals surface area contributed by atoms with Gasteiger partial charge in [0.2, 0.25) is 11.8 Å². The van der Waals surface area contributed by atoms with E-state index in [-0.39, 0.29) is 17.7 Å². The Kier molecular flexibility index (Phi) is 4.95. The summed E-state index contributed by atoms with van der Waals surface area (Å²) >= 11 is 0. The van der Waals surface area contributed by atoms with Gasteiger partial charge in [0.15, 0.2) is 0 Å². The van der Waals surface area contributed by atoms with Gasteiger partial charge < -0.3 is 10.6 Å². The topological polar surface area (TPSA) is 87.2 Å². The van der Waals surface area contributed by atoms with E-state index in [1.807, 2.05) is 0 Å². The highest BCUT2D eigenvalue weighted by atomic mass is 16.2. The lowest BCUT2D eigenvalue weighted by Gasteiger charge is -2.29. The zero-order valence-electron chi connectivity index (χ0n) is 10.1. The number of hydrogen-bond acceptors (Lipinski definition) is 3. The minimum Gasteiger partial charge on any atom is -0.369 e. The SMILES string of the molecule is C[C@H](C[CH]C(=O)N1CCC(C#N)CC1)C(N)=O. The van der Waals surface area contributed by atoms with E-state index in [0.717, 1.165) is 12.8 Å². The van der Waals surface area contributed by atoms with Crippen LogP contribution in [0.15, 0.2) is 0 Å². The average molecular weight is 236 g/mol. The molecule has 5 heteroatoms. The monoisotopic (exact) mass is 236 g/mol. The summed E-state index contributed by atoms with van der Waals surface area (Å²) in [7, 11) is 0. The van der Waals surface area contributed by atoms with E-state index < -0.39 is 5.91 Å². The Labute approximate surface area is 102 Å². The predicted octanol–water partition coefficient (Wildman–Crippen LogP) is 0.464. The second-order valence-electron chi connectivity index (χ2n) is 4.47. The Morgan fingerprint density at radius 3 is 2.59 bits per heavy atom. The highest BCUT2D eigenvalue weighted by Gasteiger charge is 2.23. The second kappa shape index (κ2) is 6.24. The van der Waals surface area contributed by atoms with E-state index in [4.69, 9.17) is 11.0 Å². The standard InChI is InChI=1S/C12H18N3O2/c1-9(12(14)17)2-3-11(16)15-6-4-10(8-13)5-7-15/h3,9-10H,2,4-7H2,1H3,(H2,14,17)/t9-/m1/s1. The van der Waals surface area contributed by atoms with Crippen LogP contribution in [0.1, 0.15) is 26.2 Å². The summed E-state index contributed by atoms with van der Waals surface area (Å²) in [5.74, 6) is -0.689. The number of amides is 2. The molecular formula is C12H18N3O2. The Morgan fingerprint density at radius 2 is 2.12 bits per heavy atom. The molecule has 1 atom stereocenters. The van der Waals surface area contributed by atoms with E-state index in [1.54, 1.807) is 11.8 Å². The summed E-state index contributed by atoms with van der Waals surface area (Å²) < 4.78 is 0. The van der Waals surface area contributed by atoms with Crippen molar-refractivity contribution in [3.05, 3.63) is 6.42 Å². The van der Waals surface area contributed by atoms with Crippen LogP contribution in [-0.4, -0.2) is 29.8 Å². The number of rotatable bonds is 4. The van der Waals surface area contributed by atoms with Gasteiger partial charge in [-0.3, -0.25) is 9.59 Å². The molecule has 1 aliphatic rings. The van der Waals surface area contributed by atoms with Crippen LogP contribution in [0.3, 0.4) is 0 Å². The largest absolute Gasteiger partial charge is 0.369 e. The highest BCUT2D eigenvalue weighted by molar-refractivity contribution is 5.86. The van der Waals surface area contributed by atoms with Gasteiger partial charge in [0.1, 0.15) is 0 Å². The second-order valence-corrected chi connectivity index (χ2v) is 4.47. The number of piperidine rings is 1. The quantitative estimate of drug-likeness (QED) is 0.769. The summed E-state index contributed by atoms with van der Waals surface area (Å²) in [4.78, 5) is 24.3. The molecule has 0 aromatic rings. The van der Waals surface area contributed by atoms with Crippen LogP contribution in [0, 0.1) is 29.6 Å². The lowest BCUT2D eigenvalue weighted by atomic mass is 9.97. The fourth-order valence-electron chi connectivity index (χ4n) is 1.75. The third-order valence-electron chi connectivity index (χ3n) is 3.12. The van der Waals surface area contributed by atoms with Gasteiger partial charge in [0.05, 0.1) is 12.5 Å². The van der Waals surface area contributed by atoms with E-state index in [9.17, 15) is 9.59 Å². The first kappa shape index (κ1) is 13.5. The molecule has 1 saturated heterocycles. The van der Waals surface area contributed by atoms with Gasteiger partial charge in [-0.25, -0.2) is 0 Å². The van der Waals surface area contributed by atoms with E-state index >= 15 is 0 Å². The van der Waals surface area contributed by atoms with Gasteiger partial charge >= 0.3 is 0 Å². The number of nitrogens with two attached hydrogens (primary N) is 1. The van der Waals surface area contributed by atoms with Gasteiger partial charge in [0, 0.05) is 24.9 Å². The first-order chi connectivity index (χ1) is 8.04. The first-order valence-corrected chi connectivity index (χ1v) is 5.85. The molecule has 93 valence electrons. The number of hydrogen-bond donors (Lipinski definition) is 1. The van der Waals surface area contributed by atoms with Crippen LogP contribution in [0.2, 0.25) is 0 Å². The van der Waals surface area contributed by atoms with Crippen molar-refractivity contribution in [3.63, 3.8) is 0 Å². The molecule has 17 heavy (non-hydrogen) atoms. The zero-order valence-corrected chi connectivity index (χ0v) is 10.1. The maximum atomic E-state index is 11.8. The van der Waals surface area contributed by atoms with Crippen molar-refractivity contribution in [3.8, 4) is 6.07 Å². The van der Waals surface area contributed by atoms with E-state index in [1.165, 1.54) is 6.42 Å². The summed E-state index contributed by atoms with van der Waals surface area (Å²) in [6, 6.07) is 2.22. The summed E-state index contributed by atoms with van der Waals surface area (Å²) in [6.45, 7) is 2.95. The minimum absolute atomic E-state index is 0.0607. The van der Waals surface area contributed by atoms with Gasteiger partial charge in [-0.1, -0.05) is 6.92 Å². The molecule has 0 saturated carbocycles. The highest BCUT2D eigenvalue weighted by Crippen LogP contribution is 2.17. The van der Waals surface area contributed by atoms with Crippen LogP contribution in [0.25, 0.3) is 0 Å².